The van der Waals surface area contributed by atoms with E-state index in [4.69, 9.17) is 0 Å². The van der Waals surface area contributed by atoms with Crippen LogP contribution in [0.4, 0.5) is 5.82 Å². The number of nitrogens with one attached hydrogen (secondary N) is 1. The van der Waals surface area contributed by atoms with E-state index < -0.39 is 16.7 Å². The van der Waals surface area contributed by atoms with Gasteiger partial charge < -0.3 is 5.73 Å². The van der Waals surface area contributed by atoms with E-state index in [1.807, 2.05) is 30.3 Å². The number of pyridine rings is 1. The molecule has 0 aliphatic heterocycles. The molecule has 0 amide bonds. The lowest BCUT2D eigenvalue weighted by Crippen LogP contribution is -2.45. The average Bonchev–Trinajstić information content (AvgIpc) is 2.52. The Morgan fingerprint density at radius 2 is 1.78 bits per heavy atom. The zero-order valence-electron chi connectivity index (χ0n) is 12.7. The monoisotopic (exact) mass is 313 g/mol. The Morgan fingerprint density at radius 1 is 1.09 bits per heavy atom. The highest BCUT2D eigenvalue weighted by Crippen LogP contribution is 2.07. The molecule has 0 bridgehead atoms. The largest absolute Gasteiger partial charge is 0.332 e. The van der Waals surface area contributed by atoms with Crippen molar-refractivity contribution in [3.05, 3.63) is 73.0 Å². The zero-order chi connectivity index (χ0) is 16.6. The molecule has 0 saturated carbocycles. The van der Waals surface area contributed by atoms with E-state index in [0.717, 1.165) is 10.1 Å². The lowest BCUT2D eigenvalue weighted by molar-refractivity contribution is -0.260. The van der Waals surface area contributed by atoms with Crippen LogP contribution in [0.25, 0.3) is 11.0 Å². The van der Waals surface area contributed by atoms with E-state index in [9.17, 15) is 14.4 Å². The molecule has 0 aliphatic rings. The third-order valence-corrected chi connectivity index (χ3v) is 3.76. The summed E-state index contributed by atoms with van der Waals surface area (Å²) in [4.78, 5) is 40.2. The molecule has 3 aromatic rings. The molecule has 0 fully saturated rings. The number of hydrogen-bond donors (Lipinski definition) is 2. The SMILES string of the molecule is CCn1c(=O)c2c(=O)cc([NH3+])[nH]c2n(Cc2ccccc2)c1=O. The maximum Gasteiger partial charge on any atom is 0.332 e. The summed E-state index contributed by atoms with van der Waals surface area (Å²) in [5, 5.41) is -0.0187. The second-order valence-electron chi connectivity index (χ2n) is 5.29. The number of quaternary nitrogens is 1. The summed E-state index contributed by atoms with van der Waals surface area (Å²) >= 11 is 0. The highest BCUT2D eigenvalue weighted by atomic mass is 16.2. The third-order valence-electron chi connectivity index (χ3n) is 3.76. The van der Waals surface area contributed by atoms with Gasteiger partial charge >= 0.3 is 5.69 Å². The standard InChI is InChI=1S/C16H16N4O3/c1-2-19-15(22)13-11(21)8-12(17)18-14(13)20(16(19)23)9-10-6-4-3-5-7-10/h3-8H,2,9H2,1H3,(H3,17,18,21)/p+1. The van der Waals surface area contributed by atoms with Gasteiger partial charge in [0.05, 0.1) is 12.6 Å². The van der Waals surface area contributed by atoms with Gasteiger partial charge in [-0.3, -0.25) is 23.7 Å². The number of aromatic amines is 1. The first-order valence-corrected chi connectivity index (χ1v) is 7.29. The maximum absolute atomic E-state index is 12.6. The summed E-state index contributed by atoms with van der Waals surface area (Å²) in [5.41, 5.74) is 3.36. The van der Waals surface area contributed by atoms with Crippen molar-refractivity contribution >= 4 is 16.9 Å². The van der Waals surface area contributed by atoms with E-state index in [0.29, 0.717) is 5.82 Å². The molecular weight excluding hydrogens is 296 g/mol. The second kappa shape index (κ2) is 5.69. The first-order chi connectivity index (χ1) is 11.0. The number of rotatable bonds is 3. The van der Waals surface area contributed by atoms with Gasteiger partial charge in [-0.2, -0.15) is 0 Å². The summed E-state index contributed by atoms with van der Waals surface area (Å²) in [6.45, 7) is 2.16. The number of hydrogen-bond acceptors (Lipinski definition) is 3. The number of aromatic nitrogens is 3. The van der Waals surface area contributed by atoms with Crippen LogP contribution in [0.5, 0.6) is 0 Å². The summed E-state index contributed by atoms with van der Waals surface area (Å²) in [7, 11) is 0. The summed E-state index contributed by atoms with van der Waals surface area (Å²) < 4.78 is 2.48. The van der Waals surface area contributed by atoms with Gasteiger partial charge in [-0.15, -0.1) is 0 Å². The molecule has 1 aromatic carbocycles. The second-order valence-corrected chi connectivity index (χ2v) is 5.29. The van der Waals surface area contributed by atoms with Crippen molar-refractivity contribution in [2.75, 3.05) is 0 Å². The predicted octanol–water partition coefficient (Wildman–Crippen LogP) is -0.207. The molecule has 118 valence electrons. The van der Waals surface area contributed by atoms with Crippen LogP contribution in [-0.2, 0) is 13.1 Å². The van der Waals surface area contributed by atoms with Crippen LogP contribution in [0.2, 0.25) is 0 Å². The van der Waals surface area contributed by atoms with Gasteiger partial charge in [0.25, 0.3) is 5.56 Å². The van der Waals surface area contributed by atoms with Gasteiger partial charge in [-0.1, -0.05) is 30.3 Å². The third kappa shape index (κ3) is 2.51. The molecule has 3 rings (SSSR count). The molecule has 2 aromatic heterocycles. The van der Waals surface area contributed by atoms with Gasteiger partial charge in [-0.25, -0.2) is 4.79 Å². The van der Waals surface area contributed by atoms with Crippen LogP contribution in [0.15, 0.2) is 50.8 Å². The van der Waals surface area contributed by atoms with Gasteiger partial charge in [0.15, 0.2) is 0 Å². The molecule has 0 saturated heterocycles. The molecule has 0 aliphatic carbocycles. The van der Waals surface area contributed by atoms with Crippen molar-refractivity contribution in [3.63, 3.8) is 0 Å². The molecule has 0 radical (unpaired) electrons. The Kier molecular flexibility index (Phi) is 3.71. The molecule has 7 nitrogen and oxygen atoms in total. The van der Waals surface area contributed by atoms with E-state index >= 15 is 0 Å². The van der Waals surface area contributed by atoms with E-state index in [1.165, 1.54) is 10.6 Å². The number of fused-ring (bicyclic) bond motifs is 1. The fourth-order valence-electron chi connectivity index (χ4n) is 2.66. The highest BCUT2D eigenvalue weighted by Gasteiger charge is 2.16. The Labute approximate surface area is 130 Å². The van der Waals surface area contributed by atoms with Crippen molar-refractivity contribution in [2.45, 2.75) is 20.0 Å². The quantitative estimate of drug-likeness (QED) is 0.699. The highest BCUT2D eigenvalue weighted by molar-refractivity contribution is 5.74. The van der Waals surface area contributed by atoms with Crippen molar-refractivity contribution in [2.24, 2.45) is 0 Å². The first kappa shape index (κ1) is 15.0. The van der Waals surface area contributed by atoms with Crippen molar-refractivity contribution < 1.29 is 5.73 Å². The Morgan fingerprint density at radius 3 is 2.43 bits per heavy atom. The molecular formula is C16H17N4O3+. The normalized spacial score (nSPS) is 11.0. The summed E-state index contributed by atoms with van der Waals surface area (Å²) in [6.07, 6.45) is 0. The number of nitrogens with zero attached hydrogens (tertiary/aromatic N) is 2. The van der Waals surface area contributed by atoms with Crippen LogP contribution in [0.3, 0.4) is 0 Å². The summed E-state index contributed by atoms with van der Waals surface area (Å²) in [5.74, 6) is 0.359. The fourth-order valence-corrected chi connectivity index (χ4v) is 2.66. The Bertz CT molecular complexity index is 1050. The minimum Gasteiger partial charge on any atom is -0.310 e. The zero-order valence-corrected chi connectivity index (χ0v) is 12.7. The van der Waals surface area contributed by atoms with Crippen molar-refractivity contribution in [1.82, 2.24) is 14.1 Å². The van der Waals surface area contributed by atoms with Gasteiger partial charge in [-0.05, 0) is 12.5 Å². The fraction of sp³-hybridized carbons (Fsp3) is 0.188. The molecule has 23 heavy (non-hydrogen) atoms. The average molecular weight is 313 g/mol. The number of benzene rings is 1. The smallest absolute Gasteiger partial charge is 0.310 e. The molecule has 0 unspecified atom stereocenters. The number of H-pyrrole nitrogens is 1. The van der Waals surface area contributed by atoms with Crippen LogP contribution in [0, 0.1) is 0 Å². The molecule has 0 atom stereocenters. The van der Waals surface area contributed by atoms with Crippen LogP contribution >= 0.6 is 0 Å². The van der Waals surface area contributed by atoms with Crippen molar-refractivity contribution in [3.8, 4) is 0 Å². The van der Waals surface area contributed by atoms with Crippen LogP contribution < -0.4 is 22.4 Å². The lowest BCUT2D eigenvalue weighted by atomic mass is 10.2. The minimum absolute atomic E-state index is 0.0187. The molecule has 0 spiro atoms. The van der Waals surface area contributed by atoms with Gasteiger partial charge in [0, 0.05) is 6.54 Å². The van der Waals surface area contributed by atoms with Gasteiger partial charge in [0.2, 0.25) is 11.2 Å². The first-order valence-electron chi connectivity index (χ1n) is 7.29. The predicted molar refractivity (Wildman–Crippen MR) is 86.9 cm³/mol. The molecule has 2 heterocycles. The lowest BCUT2D eigenvalue weighted by Gasteiger charge is -2.12. The van der Waals surface area contributed by atoms with Gasteiger partial charge in [0.1, 0.15) is 11.0 Å². The van der Waals surface area contributed by atoms with E-state index in [2.05, 4.69) is 10.7 Å². The topological polar surface area (TPSA) is 104 Å². The molecule has 4 N–H and O–H groups in total. The minimum atomic E-state index is -0.571. The van der Waals surface area contributed by atoms with Crippen LogP contribution in [0.1, 0.15) is 12.5 Å². The van der Waals surface area contributed by atoms with Crippen molar-refractivity contribution in [1.29, 1.82) is 0 Å². The van der Waals surface area contributed by atoms with Crippen LogP contribution in [-0.4, -0.2) is 14.1 Å². The Balaban J connectivity index is 2.42. The Hall–Kier alpha value is -2.93. The maximum atomic E-state index is 12.6. The van der Waals surface area contributed by atoms with E-state index in [-0.39, 0.29) is 24.1 Å². The van der Waals surface area contributed by atoms with E-state index in [1.54, 1.807) is 6.92 Å². The summed E-state index contributed by atoms with van der Waals surface area (Å²) in [6, 6.07) is 10.6. The molecule has 7 heteroatoms.